The molecule has 0 aromatic carbocycles. The average Bonchev–Trinajstić information content (AvgIpc) is 1.73. The van der Waals surface area contributed by atoms with E-state index < -0.39 is 5.97 Å². The van der Waals surface area contributed by atoms with E-state index in [0.29, 0.717) is 0 Å². The molecule has 0 radical (unpaired) electrons. The monoisotopic (exact) mass is 141 g/mol. The third kappa shape index (κ3) is 25.3. The maximum atomic E-state index is 9.37. The van der Waals surface area contributed by atoms with Gasteiger partial charge in [0.15, 0.2) is 0 Å². The third-order valence-corrected chi connectivity index (χ3v) is 0.302. The fourth-order valence-electron chi connectivity index (χ4n) is 0. The SMILES string of the molecule is CCC(=O)O.[O]=[V]. The molecular weight excluding hydrogens is 135 g/mol. The Bertz CT molecular complexity index is 54.1. The van der Waals surface area contributed by atoms with Gasteiger partial charge in [0, 0.05) is 6.42 Å². The van der Waals surface area contributed by atoms with Crippen LogP contribution in [0.2, 0.25) is 0 Å². The van der Waals surface area contributed by atoms with Crippen molar-refractivity contribution in [3.63, 3.8) is 0 Å². The van der Waals surface area contributed by atoms with Crippen LogP contribution in [0.3, 0.4) is 0 Å². The number of hydrogen-bond acceptors (Lipinski definition) is 2. The van der Waals surface area contributed by atoms with Gasteiger partial charge in [-0.3, -0.25) is 4.79 Å². The number of aliphatic carboxylic acids is 1. The number of rotatable bonds is 1. The van der Waals surface area contributed by atoms with E-state index in [1.54, 1.807) is 6.92 Å². The third-order valence-electron chi connectivity index (χ3n) is 0.302. The summed E-state index contributed by atoms with van der Waals surface area (Å²) in [7, 11) is 0. The Balaban J connectivity index is 0. The topological polar surface area (TPSA) is 54.4 Å². The fourth-order valence-corrected chi connectivity index (χ4v) is 0. The Morgan fingerprint density at radius 3 is 1.86 bits per heavy atom. The summed E-state index contributed by atoms with van der Waals surface area (Å²) in [5.74, 6) is -0.745. The Hall–Kier alpha value is -0.146. The molecule has 0 atom stereocenters. The molecule has 0 saturated heterocycles. The first-order valence-corrected chi connectivity index (χ1v) is 2.24. The molecule has 3 nitrogen and oxygen atoms in total. The first-order chi connectivity index (χ1) is 3.27. The van der Waals surface area contributed by atoms with Gasteiger partial charge >= 0.3 is 27.0 Å². The van der Waals surface area contributed by atoms with Gasteiger partial charge in [0.05, 0.1) is 0 Å². The summed E-state index contributed by atoms with van der Waals surface area (Å²) in [6, 6.07) is 0. The van der Waals surface area contributed by atoms with E-state index in [-0.39, 0.29) is 6.42 Å². The van der Waals surface area contributed by atoms with E-state index in [0.717, 1.165) is 17.4 Å². The van der Waals surface area contributed by atoms with Crippen molar-refractivity contribution in [2.45, 2.75) is 13.3 Å². The fraction of sp³-hybridized carbons (Fsp3) is 0.667. The maximum absolute atomic E-state index is 9.37. The first kappa shape index (κ1) is 9.97. The van der Waals surface area contributed by atoms with Crippen molar-refractivity contribution in [1.82, 2.24) is 0 Å². The Labute approximate surface area is 50.9 Å². The van der Waals surface area contributed by atoms with Gasteiger partial charge in [-0.15, -0.1) is 0 Å². The summed E-state index contributed by atoms with van der Waals surface area (Å²) >= 11 is 1.06. The summed E-state index contributed by atoms with van der Waals surface area (Å²) in [6.45, 7) is 1.60. The number of carboxylic acid groups (broad SMARTS) is 1. The van der Waals surface area contributed by atoms with Crippen LogP contribution < -0.4 is 0 Å². The van der Waals surface area contributed by atoms with E-state index in [1.165, 1.54) is 0 Å². The van der Waals surface area contributed by atoms with Crippen LogP contribution in [-0.4, -0.2) is 11.1 Å². The van der Waals surface area contributed by atoms with Gasteiger partial charge in [-0.1, -0.05) is 6.92 Å². The molecule has 41 valence electrons. The molecule has 0 aliphatic rings. The van der Waals surface area contributed by atoms with Crippen molar-refractivity contribution in [2.24, 2.45) is 0 Å². The normalized spacial score (nSPS) is 5.71. The van der Waals surface area contributed by atoms with Gasteiger partial charge < -0.3 is 5.11 Å². The Morgan fingerprint density at radius 1 is 1.71 bits per heavy atom. The number of carboxylic acids is 1. The standard InChI is InChI=1S/C3H6O2.O.V/c1-2-3(4)5;;/h2H2,1H3,(H,4,5);;. The van der Waals surface area contributed by atoms with E-state index in [2.05, 4.69) is 0 Å². The summed E-state index contributed by atoms with van der Waals surface area (Å²) in [6.07, 6.45) is 0.222. The number of carbonyl (C=O) groups is 1. The van der Waals surface area contributed by atoms with Crippen LogP contribution in [0.5, 0.6) is 0 Å². The van der Waals surface area contributed by atoms with Gasteiger partial charge in [0.25, 0.3) is 0 Å². The van der Waals surface area contributed by atoms with Crippen molar-refractivity contribution < 1.29 is 30.9 Å². The van der Waals surface area contributed by atoms with Crippen molar-refractivity contribution in [1.29, 1.82) is 0 Å². The summed E-state index contributed by atoms with van der Waals surface area (Å²) in [4.78, 5) is 9.37. The molecule has 0 aliphatic carbocycles. The van der Waals surface area contributed by atoms with E-state index in [4.69, 9.17) is 8.78 Å². The molecule has 7 heavy (non-hydrogen) atoms. The van der Waals surface area contributed by atoms with Gasteiger partial charge in [0.2, 0.25) is 0 Å². The molecule has 0 heterocycles. The molecule has 0 aliphatic heterocycles. The Kier molecular flexibility index (Phi) is 13.2. The van der Waals surface area contributed by atoms with Crippen LogP contribution in [0.15, 0.2) is 0 Å². The van der Waals surface area contributed by atoms with Crippen LogP contribution in [-0.2, 0) is 25.8 Å². The molecule has 0 aromatic heterocycles. The van der Waals surface area contributed by atoms with Gasteiger partial charge in [-0.05, 0) is 0 Å². The molecule has 4 heteroatoms. The predicted molar refractivity (Wildman–Crippen MR) is 18.6 cm³/mol. The van der Waals surface area contributed by atoms with E-state index in [1.807, 2.05) is 0 Å². The van der Waals surface area contributed by atoms with Crippen LogP contribution in [0.1, 0.15) is 13.3 Å². The van der Waals surface area contributed by atoms with Crippen molar-refractivity contribution in [3.05, 3.63) is 0 Å². The quantitative estimate of drug-likeness (QED) is 0.573. The van der Waals surface area contributed by atoms with Crippen molar-refractivity contribution >= 4 is 5.97 Å². The molecule has 0 spiro atoms. The van der Waals surface area contributed by atoms with Gasteiger partial charge in [0.1, 0.15) is 0 Å². The van der Waals surface area contributed by atoms with E-state index in [9.17, 15) is 4.79 Å². The second-order valence-electron chi connectivity index (χ2n) is 0.747. The average molecular weight is 141 g/mol. The van der Waals surface area contributed by atoms with Gasteiger partial charge in [-0.2, -0.15) is 0 Å². The molecular formula is C3H6O3V. The van der Waals surface area contributed by atoms with Crippen LogP contribution in [0.25, 0.3) is 0 Å². The summed E-state index contributed by atoms with van der Waals surface area (Å²) in [5.41, 5.74) is 0. The second-order valence-corrected chi connectivity index (χ2v) is 0.747. The van der Waals surface area contributed by atoms with Crippen LogP contribution in [0.4, 0.5) is 0 Å². The van der Waals surface area contributed by atoms with Gasteiger partial charge in [-0.25, -0.2) is 0 Å². The van der Waals surface area contributed by atoms with Crippen molar-refractivity contribution in [3.8, 4) is 0 Å². The van der Waals surface area contributed by atoms with Crippen LogP contribution in [0, 0.1) is 0 Å². The minimum absolute atomic E-state index is 0.222. The molecule has 0 rings (SSSR count). The molecule has 0 amide bonds. The zero-order chi connectivity index (χ0) is 6.28. The predicted octanol–water partition coefficient (Wildman–Crippen LogP) is 0.360. The van der Waals surface area contributed by atoms with Crippen LogP contribution >= 0.6 is 0 Å². The molecule has 1 N–H and O–H groups in total. The second kappa shape index (κ2) is 9.29. The Morgan fingerprint density at radius 2 is 1.86 bits per heavy atom. The molecule has 0 saturated carbocycles. The van der Waals surface area contributed by atoms with E-state index >= 15 is 0 Å². The molecule has 0 aromatic rings. The van der Waals surface area contributed by atoms with Crippen molar-refractivity contribution in [2.75, 3.05) is 0 Å². The number of hydrogen-bond donors (Lipinski definition) is 1. The zero-order valence-electron chi connectivity index (χ0n) is 3.92. The summed E-state index contributed by atoms with van der Waals surface area (Å²) in [5, 5.41) is 7.72. The molecule has 0 fully saturated rings. The first-order valence-electron chi connectivity index (χ1n) is 1.67. The molecule has 0 unspecified atom stereocenters. The molecule has 0 bridgehead atoms. The zero-order valence-corrected chi connectivity index (χ0v) is 5.31. The summed E-state index contributed by atoms with van der Waals surface area (Å²) < 4.78 is 8.19. The minimum atomic E-state index is -0.745.